The maximum Gasteiger partial charge on any atom is 0.122 e. The quantitative estimate of drug-likeness (QED) is 0.529. The van der Waals surface area contributed by atoms with Crippen LogP contribution >= 0.6 is 0 Å². The van der Waals surface area contributed by atoms with Crippen LogP contribution in [0, 0.1) is 0 Å². The molecule has 2 aromatic rings. The first kappa shape index (κ1) is 20.3. The number of ether oxygens (including phenoxy) is 2. The molecule has 4 heteroatoms. The number of rotatable bonds is 13. The van der Waals surface area contributed by atoms with Gasteiger partial charge < -0.3 is 20.1 Å². The molecule has 0 aromatic heterocycles. The zero-order valence-corrected chi connectivity index (χ0v) is 16.1. The third-order valence-electron chi connectivity index (χ3n) is 3.98. The Balaban J connectivity index is 1.63. The van der Waals surface area contributed by atoms with Gasteiger partial charge in [-0.3, -0.25) is 0 Å². The maximum absolute atomic E-state index is 5.74. The van der Waals surface area contributed by atoms with Crippen molar-refractivity contribution in [2.24, 2.45) is 0 Å². The van der Waals surface area contributed by atoms with Gasteiger partial charge >= 0.3 is 0 Å². The van der Waals surface area contributed by atoms with Gasteiger partial charge in [-0.05, 0) is 61.3 Å². The zero-order chi connectivity index (χ0) is 18.5. The standard InChI is InChI=1S/C22H32N2O2/c1-3-13-23-17-19-5-9-21(10-6-19)25-15-16-26-22-11-7-20(8-12-22)18-24-14-4-2/h5-12,23-24H,3-4,13-18H2,1-2H3. The van der Waals surface area contributed by atoms with Crippen molar-refractivity contribution in [1.29, 1.82) is 0 Å². The van der Waals surface area contributed by atoms with E-state index in [1.165, 1.54) is 11.1 Å². The van der Waals surface area contributed by atoms with Crippen LogP contribution in [0.4, 0.5) is 0 Å². The van der Waals surface area contributed by atoms with Crippen molar-refractivity contribution >= 4 is 0 Å². The lowest BCUT2D eigenvalue weighted by molar-refractivity contribution is 0.217. The van der Waals surface area contributed by atoms with Crippen LogP contribution in [-0.2, 0) is 13.1 Å². The molecule has 0 aliphatic rings. The van der Waals surface area contributed by atoms with Gasteiger partial charge in [0, 0.05) is 13.1 Å². The average Bonchev–Trinajstić information content (AvgIpc) is 2.68. The second-order valence-corrected chi connectivity index (χ2v) is 6.34. The van der Waals surface area contributed by atoms with E-state index in [2.05, 4.69) is 48.7 Å². The molecule has 0 saturated carbocycles. The van der Waals surface area contributed by atoms with Gasteiger partial charge in [0.1, 0.15) is 24.7 Å². The fourth-order valence-corrected chi connectivity index (χ4v) is 2.55. The van der Waals surface area contributed by atoms with Gasteiger partial charge in [0.15, 0.2) is 0 Å². The van der Waals surface area contributed by atoms with Crippen molar-refractivity contribution < 1.29 is 9.47 Å². The minimum Gasteiger partial charge on any atom is -0.490 e. The van der Waals surface area contributed by atoms with Gasteiger partial charge in [-0.15, -0.1) is 0 Å². The predicted molar refractivity (Wildman–Crippen MR) is 108 cm³/mol. The van der Waals surface area contributed by atoms with Crippen molar-refractivity contribution in [3.63, 3.8) is 0 Å². The third kappa shape index (κ3) is 7.89. The molecule has 0 heterocycles. The molecule has 2 rings (SSSR count). The van der Waals surface area contributed by atoms with Crippen LogP contribution in [0.1, 0.15) is 37.8 Å². The van der Waals surface area contributed by atoms with Crippen LogP contribution < -0.4 is 20.1 Å². The van der Waals surface area contributed by atoms with E-state index in [1.54, 1.807) is 0 Å². The first-order valence-electron chi connectivity index (χ1n) is 9.66. The van der Waals surface area contributed by atoms with E-state index in [1.807, 2.05) is 24.3 Å². The first-order chi connectivity index (χ1) is 12.8. The maximum atomic E-state index is 5.74. The van der Waals surface area contributed by atoms with E-state index in [0.29, 0.717) is 13.2 Å². The second-order valence-electron chi connectivity index (χ2n) is 6.34. The summed E-state index contributed by atoms with van der Waals surface area (Å²) >= 11 is 0. The molecule has 4 nitrogen and oxygen atoms in total. The average molecular weight is 357 g/mol. The monoisotopic (exact) mass is 356 g/mol. The zero-order valence-electron chi connectivity index (χ0n) is 16.1. The van der Waals surface area contributed by atoms with Crippen molar-refractivity contribution in [2.75, 3.05) is 26.3 Å². The molecule has 0 fully saturated rings. The summed E-state index contributed by atoms with van der Waals surface area (Å²) in [5, 5.41) is 6.79. The lowest BCUT2D eigenvalue weighted by Gasteiger charge is -2.10. The van der Waals surface area contributed by atoms with E-state index >= 15 is 0 Å². The van der Waals surface area contributed by atoms with Crippen LogP contribution in [-0.4, -0.2) is 26.3 Å². The van der Waals surface area contributed by atoms with Crippen LogP contribution in [0.25, 0.3) is 0 Å². The number of nitrogens with one attached hydrogen (secondary N) is 2. The molecule has 0 saturated heterocycles. The SMILES string of the molecule is CCCNCc1ccc(OCCOc2ccc(CNCCC)cc2)cc1. The largest absolute Gasteiger partial charge is 0.490 e. The van der Waals surface area contributed by atoms with Gasteiger partial charge in [0.05, 0.1) is 0 Å². The van der Waals surface area contributed by atoms with Crippen molar-refractivity contribution in [2.45, 2.75) is 39.8 Å². The molecule has 0 aliphatic heterocycles. The minimum atomic E-state index is 0.535. The smallest absolute Gasteiger partial charge is 0.122 e. The molecular weight excluding hydrogens is 324 g/mol. The Morgan fingerprint density at radius 3 is 1.35 bits per heavy atom. The van der Waals surface area contributed by atoms with Crippen molar-refractivity contribution in [3.05, 3.63) is 59.7 Å². The summed E-state index contributed by atoms with van der Waals surface area (Å²) in [6.45, 7) is 9.32. The molecule has 142 valence electrons. The number of hydrogen-bond acceptors (Lipinski definition) is 4. The highest BCUT2D eigenvalue weighted by Gasteiger charge is 1.98. The van der Waals surface area contributed by atoms with Gasteiger partial charge in [-0.25, -0.2) is 0 Å². The Hall–Kier alpha value is -2.04. The fourth-order valence-electron chi connectivity index (χ4n) is 2.55. The molecule has 0 atom stereocenters. The number of benzene rings is 2. The normalized spacial score (nSPS) is 10.7. The molecule has 0 unspecified atom stereocenters. The van der Waals surface area contributed by atoms with Crippen LogP contribution in [0.5, 0.6) is 11.5 Å². The molecule has 26 heavy (non-hydrogen) atoms. The van der Waals surface area contributed by atoms with Crippen LogP contribution in [0.15, 0.2) is 48.5 Å². The van der Waals surface area contributed by atoms with Gasteiger partial charge in [0.25, 0.3) is 0 Å². The summed E-state index contributed by atoms with van der Waals surface area (Å²) in [5.41, 5.74) is 2.55. The Kier molecular flexibility index (Phi) is 9.62. The highest BCUT2D eigenvalue weighted by atomic mass is 16.5. The van der Waals surface area contributed by atoms with E-state index in [4.69, 9.17) is 9.47 Å². The van der Waals surface area contributed by atoms with Gasteiger partial charge in [-0.2, -0.15) is 0 Å². The Labute approximate surface area is 157 Å². The first-order valence-corrected chi connectivity index (χ1v) is 9.66. The lowest BCUT2D eigenvalue weighted by atomic mass is 10.2. The van der Waals surface area contributed by atoms with Gasteiger partial charge in [0.2, 0.25) is 0 Å². The summed E-state index contributed by atoms with van der Waals surface area (Å²) in [6, 6.07) is 16.5. The van der Waals surface area contributed by atoms with Crippen LogP contribution in [0.2, 0.25) is 0 Å². The van der Waals surface area contributed by atoms with Crippen LogP contribution in [0.3, 0.4) is 0 Å². The molecule has 0 bridgehead atoms. The van der Waals surface area contributed by atoms with E-state index in [0.717, 1.165) is 50.5 Å². The number of hydrogen-bond donors (Lipinski definition) is 2. The highest BCUT2D eigenvalue weighted by Crippen LogP contribution is 2.14. The Morgan fingerprint density at radius 1 is 0.615 bits per heavy atom. The van der Waals surface area contributed by atoms with Gasteiger partial charge in [-0.1, -0.05) is 38.1 Å². The predicted octanol–water partition coefficient (Wildman–Crippen LogP) is 4.14. The summed E-state index contributed by atoms with van der Waals surface area (Å²) in [7, 11) is 0. The fraction of sp³-hybridized carbons (Fsp3) is 0.455. The topological polar surface area (TPSA) is 42.5 Å². The van der Waals surface area contributed by atoms with Crippen molar-refractivity contribution in [1.82, 2.24) is 10.6 Å². The lowest BCUT2D eigenvalue weighted by Crippen LogP contribution is -2.14. The highest BCUT2D eigenvalue weighted by molar-refractivity contribution is 5.28. The molecule has 2 N–H and O–H groups in total. The minimum absolute atomic E-state index is 0.535. The van der Waals surface area contributed by atoms with E-state index in [-0.39, 0.29) is 0 Å². The summed E-state index contributed by atoms with van der Waals surface area (Å²) in [4.78, 5) is 0. The molecule has 0 spiro atoms. The van der Waals surface area contributed by atoms with E-state index < -0.39 is 0 Å². The molecule has 0 radical (unpaired) electrons. The summed E-state index contributed by atoms with van der Waals surface area (Å²) in [5.74, 6) is 1.76. The third-order valence-corrected chi connectivity index (χ3v) is 3.98. The Morgan fingerprint density at radius 2 is 1.00 bits per heavy atom. The molecule has 0 amide bonds. The second kappa shape index (κ2) is 12.3. The summed E-state index contributed by atoms with van der Waals surface area (Å²) < 4.78 is 11.5. The molecular formula is C22H32N2O2. The molecule has 0 aliphatic carbocycles. The summed E-state index contributed by atoms with van der Waals surface area (Å²) in [6.07, 6.45) is 2.30. The van der Waals surface area contributed by atoms with E-state index in [9.17, 15) is 0 Å². The Bertz CT molecular complexity index is 541. The molecule has 2 aromatic carbocycles. The van der Waals surface area contributed by atoms with Crippen molar-refractivity contribution in [3.8, 4) is 11.5 Å².